The molecule has 0 fully saturated rings. The summed E-state index contributed by atoms with van der Waals surface area (Å²) in [5.74, 6) is 0. The van der Waals surface area contributed by atoms with Gasteiger partial charge in [0.1, 0.15) is 0 Å². The van der Waals surface area contributed by atoms with Gasteiger partial charge in [0.25, 0.3) is 0 Å². The molecule has 0 bridgehead atoms. The maximum Gasteiger partial charge on any atom is 0.0737 e. The number of pyridine rings is 1. The van der Waals surface area contributed by atoms with Gasteiger partial charge in [0.05, 0.1) is 5.52 Å². The molecule has 2 nitrogen and oxygen atoms in total. The standard InChI is InChI=1S/C13H14N2/c1-10-11(4-2-8-14)6-7-12-5-3-9-15-13(10)12/h2-7,9H,8,14H2,1H3. The highest BCUT2D eigenvalue weighted by atomic mass is 14.6. The predicted molar refractivity (Wildman–Crippen MR) is 64.6 cm³/mol. The fourth-order valence-corrected chi connectivity index (χ4v) is 1.68. The van der Waals surface area contributed by atoms with Crippen LogP contribution in [0.5, 0.6) is 0 Å². The van der Waals surface area contributed by atoms with E-state index >= 15 is 0 Å². The zero-order valence-corrected chi connectivity index (χ0v) is 8.77. The zero-order valence-electron chi connectivity index (χ0n) is 8.77. The Kier molecular flexibility index (Phi) is 2.79. The second-order valence-electron chi connectivity index (χ2n) is 3.49. The summed E-state index contributed by atoms with van der Waals surface area (Å²) in [6.45, 7) is 2.66. The van der Waals surface area contributed by atoms with Crippen LogP contribution in [0.15, 0.2) is 36.5 Å². The lowest BCUT2D eigenvalue weighted by atomic mass is 10.0. The Morgan fingerprint density at radius 2 is 2.20 bits per heavy atom. The molecule has 2 aromatic rings. The topological polar surface area (TPSA) is 38.9 Å². The van der Waals surface area contributed by atoms with Gasteiger partial charge in [-0.1, -0.05) is 30.4 Å². The average Bonchev–Trinajstić information content (AvgIpc) is 2.29. The number of aromatic nitrogens is 1. The molecular weight excluding hydrogens is 184 g/mol. The summed E-state index contributed by atoms with van der Waals surface area (Å²) in [6, 6.07) is 8.22. The van der Waals surface area contributed by atoms with Gasteiger partial charge in [-0.15, -0.1) is 0 Å². The molecule has 2 N–H and O–H groups in total. The lowest BCUT2D eigenvalue weighted by Crippen LogP contribution is -1.93. The first-order valence-electron chi connectivity index (χ1n) is 5.04. The summed E-state index contributed by atoms with van der Waals surface area (Å²) in [5.41, 5.74) is 8.90. The second kappa shape index (κ2) is 4.24. The van der Waals surface area contributed by atoms with Crippen molar-refractivity contribution in [2.45, 2.75) is 6.92 Å². The number of hydrogen-bond donors (Lipinski definition) is 1. The van der Waals surface area contributed by atoms with E-state index < -0.39 is 0 Å². The average molecular weight is 198 g/mol. The van der Waals surface area contributed by atoms with E-state index in [1.54, 1.807) is 0 Å². The van der Waals surface area contributed by atoms with E-state index in [-0.39, 0.29) is 0 Å². The molecule has 1 aromatic carbocycles. The molecule has 1 aromatic heterocycles. The number of benzene rings is 1. The summed E-state index contributed by atoms with van der Waals surface area (Å²) < 4.78 is 0. The molecule has 15 heavy (non-hydrogen) atoms. The summed E-state index contributed by atoms with van der Waals surface area (Å²) in [7, 11) is 0. The smallest absolute Gasteiger partial charge is 0.0737 e. The van der Waals surface area contributed by atoms with Crippen LogP contribution >= 0.6 is 0 Å². The SMILES string of the molecule is Cc1c(C=CCN)ccc2cccnc12. The van der Waals surface area contributed by atoms with Gasteiger partial charge in [0.2, 0.25) is 0 Å². The monoisotopic (exact) mass is 198 g/mol. The molecule has 2 heteroatoms. The van der Waals surface area contributed by atoms with Crippen molar-refractivity contribution < 1.29 is 0 Å². The highest BCUT2D eigenvalue weighted by Crippen LogP contribution is 2.20. The van der Waals surface area contributed by atoms with Gasteiger partial charge in [-0.2, -0.15) is 0 Å². The molecular formula is C13H14N2. The largest absolute Gasteiger partial charge is 0.327 e. The molecule has 1 heterocycles. The van der Waals surface area contributed by atoms with E-state index in [0.29, 0.717) is 6.54 Å². The molecule has 0 saturated heterocycles. The predicted octanol–water partition coefficient (Wildman–Crippen LogP) is 2.52. The first-order chi connectivity index (χ1) is 7.33. The minimum atomic E-state index is 0.569. The molecule has 0 saturated carbocycles. The van der Waals surface area contributed by atoms with Crippen LogP contribution in [-0.2, 0) is 0 Å². The molecule has 76 valence electrons. The van der Waals surface area contributed by atoms with E-state index in [2.05, 4.69) is 30.1 Å². The van der Waals surface area contributed by atoms with E-state index in [1.807, 2.05) is 24.4 Å². The molecule has 0 radical (unpaired) electrons. The summed E-state index contributed by atoms with van der Waals surface area (Å²) in [5, 5.41) is 1.18. The van der Waals surface area contributed by atoms with Gasteiger partial charge < -0.3 is 5.73 Å². The number of fused-ring (bicyclic) bond motifs is 1. The number of hydrogen-bond acceptors (Lipinski definition) is 2. The molecule has 0 aliphatic heterocycles. The van der Waals surface area contributed by atoms with Crippen LogP contribution < -0.4 is 5.73 Å². The van der Waals surface area contributed by atoms with Crippen LogP contribution in [-0.4, -0.2) is 11.5 Å². The van der Waals surface area contributed by atoms with Crippen molar-refractivity contribution in [1.82, 2.24) is 4.98 Å². The second-order valence-corrected chi connectivity index (χ2v) is 3.49. The van der Waals surface area contributed by atoms with Crippen molar-refractivity contribution in [3.63, 3.8) is 0 Å². The Hall–Kier alpha value is -1.67. The lowest BCUT2D eigenvalue weighted by Gasteiger charge is -2.04. The van der Waals surface area contributed by atoms with Crippen LogP contribution in [0.25, 0.3) is 17.0 Å². The van der Waals surface area contributed by atoms with E-state index in [9.17, 15) is 0 Å². The molecule has 0 unspecified atom stereocenters. The Balaban J connectivity index is 2.60. The molecule has 0 aliphatic carbocycles. The van der Waals surface area contributed by atoms with Crippen molar-refractivity contribution in [3.05, 3.63) is 47.7 Å². The van der Waals surface area contributed by atoms with Gasteiger partial charge in [-0.05, 0) is 24.1 Å². The number of aryl methyl sites for hydroxylation is 1. The zero-order chi connectivity index (χ0) is 10.7. The van der Waals surface area contributed by atoms with E-state index in [1.165, 1.54) is 16.5 Å². The van der Waals surface area contributed by atoms with Crippen LogP contribution in [0, 0.1) is 6.92 Å². The van der Waals surface area contributed by atoms with Crippen molar-refractivity contribution in [3.8, 4) is 0 Å². The quantitative estimate of drug-likeness (QED) is 0.805. The fraction of sp³-hybridized carbons (Fsp3) is 0.154. The summed E-state index contributed by atoms with van der Waals surface area (Å²) >= 11 is 0. The maximum absolute atomic E-state index is 5.44. The Morgan fingerprint density at radius 3 is 3.00 bits per heavy atom. The summed E-state index contributed by atoms with van der Waals surface area (Å²) in [6.07, 6.45) is 5.83. The van der Waals surface area contributed by atoms with Crippen molar-refractivity contribution in [2.24, 2.45) is 5.73 Å². The van der Waals surface area contributed by atoms with E-state index in [0.717, 1.165) is 5.52 Å². The maximum atomic E-state index is 5.44. The van der Waals surface area contributed by atoms with Crippen molar-refractivity contribution in [2.75, 3.05) is 6.54 Å². The van der Waals surface area contributed by atoms with Gasteiger partial charge in [-0.3, -0.25) is 4.98 Å². The first-order valence-corrected chi connectivity index (χ1v) is 5.04. The van der Waals surface area contributed by atoms with Crippen molar-refractivity contribution >= 4 is 17.0 Å². The molecule has 0 amide bonds. The van der Waals surface area contributed by atoms with Gasteiger partial charge in [-0.25, -0.2) is 0 Å². The van der Waals surface area contributed by atoms with Crippen LogP contribution in [0.2, 0.25) is 0 Å². The Bertz CT molecular complexity index is 501. The molecule has 0 aliphatic rings. The normalized spacial score (nSPS) is 11.3. The number of rotatable bonds is 2. The third-order valence-corrected chi connectivity index (χ3v) is 2.50. The van der Waals surface area contributed by atoms with Crippen LogP contribution in [0.4, 0.5) is 0 Å². The van der Waals surface area contributed by atoms with Gasteiger partial charge in [0.15, 0.2) is 0 Å². The third-order valence-electron chi connectivity index (χ3n) is 2.50. The highest BCUT2D eigenvalue weighted by molar-refractivity contribution is 5.84. The number of nitrogens with two attached hydrogens (primary N) is 1. The molecule has 0 atom stereocenters. The Labute approximate surface area is 89.4 Å². The lowest BCUT2D eigenvalue weighted by molar-refractivity contribution is 1.26. The Morgan fingerprint density at radius 1 is 1.33 bits per heavy atom. The van der Waals surface area contributed by atoms with Gasteiger partial charge >= 0.3 is 0 Å². The van der Waals surface area contributed by atoms with E-state index in [4.69, 9.17) is 5.73 Å². The summed E-state index contributed by atoms with van der Waals surface area (Å²) in [4.78, 5) is 4.38. The van der Waals surface area contributed by atoms with Crippen LogP contribution in [0.1, 0.15) is 11.1 Å². The van der Waals surface area contributed by atoms with Gasteiger partial charge in [0, 0.05) is 18.1 Å². The number of nitrogens with zero attached hydrogens (tertiary/aromatic N) is 1. The highest BCUT2D eigenvalue weighted by Gasteiger charge is 2.00. The minimum Gasteiger partial charge on any atom is -0.327 e. The first kappa shape index (κ1) is 9.87. The molecule has 0 spiro atoms. The molecule has 2 rings (SSSR count). The fourth-order valence-electron chi connectivity index (χ4n) is 1.68. The van der Waals surface area contributed by atoms with Crippen molar-refractivity contribution in [1.29, 1.82) is 0 Å². The minimum absolute atomic E-state index is 0.569. The third kappa shape index (κ3) is 1.90. The van der Waals surface area contributed by atoms with Crippen LogP contribution in [0.3, 0.4) is 0 Å².